The molecule has 0 unspecified atom stereocenters. The standard InChI is InChI=1S/C19H27N5O/c1-22-10-11-24-18(14-22)20-21-19(24)17-12-16(25)13-23(17)9-5-8-15-6-3-2-4-7-15/h2-4,6-7,16-17,25H,5,8-14H2,1H3/t16-,17-/m0/s1. The normalized spacial score (nSPS) is 24.6. The van der Waals surface area contributed by atoms with Gasteiger partial charge in [-0.2, -0.15) is 0 Å². The topological polar surface area (TPSA) is 57.4 Å². The van der Waals surface area contributed by atoms with Crippen molar-refractivity contribution in [1.29, 1.82) is 0 Å². The van der Waals surface area contributed by atoms with Crippen LogP contribution in [0.3, 0.4) is 0 Å². The Hall–Kier alpha value is -1.76. The molecule has 25 heavy (non-hydrogen) atoms. The summed E-state index contributed by atoms with van der Waals surface area (Å²) < 4.78 is 2.27. The van der Waals surface area contributed by atoms with E-state index in [1.807, 2.05) is 0 Å². The first-order chi connectivity index (χ1) is 12.2. The maximum Gasteiger partial charge on any atom is 0.150 e. The summed E-state index contributed by atoms with van der Waals surface area (Å²) in [6.07, 6.45) is 2.67. The van der Waals surface area contributed by atoms with Crippen LogP contribution in [0.5, 0.6) is 0 Å². The zero-order chi connectivity index (χ0) is 17.2. The number of nitrogens with zero attached hydrogens (tertiary/aromatic N) is 5. The van der Waals surface area contributed by atoms with Crippen LogP contribution in [0.15, 0.2) is 30.3 Å². The van der Waals surface area contributed by atoms with Gasteiger partial charge in [0, 0.05) is 19.6 Å². The molecule has 1 saturated heterocycles. The molecular weight excluding hydrogens is 314 g/mol. The van der Waals surface area contributed by atoms with Gasteiger partial charge in [0.1, 0.15) is 5.82 Å². The van der Waals surface area contributed by atoms with Crippen molar-refractivity contribution < 1.29 is 5.11 Å². The van der Waals surface area contributed by atoms with Crippen molar-refractivity contribution in [2.45, 2.75) is 44.5 Å². The van der Waals surface area contributed by atoms with E-state index in [2.05, 4.69) is 61.9 Å². The fourth-order valence-corrected chi connectivity index (χ4v) is 4.07. The summed E-state index contributed by atoms with van der Waals surface area (Å²) in [7, 11) is 2.12. The molecule has 0 spiro atoms. The molecule has 2 aliphatic rings. The molecule has 1 N–H and O–H groups in total. The molecule has 0 aliphatic carbocycles. The lowest BCUT2D eigenvalue weighted by Gasteiger charge is -2.27. The predicted molar refractivity (Wildman–Crippen MR) is 96.1 cm³/mol. The molecule has 4 rings (SSSR count). The fourth-order valence-electron chi connectivity index (χ4n) is 4.07. The Labute approximate surface area is 149 Å². The summed E-state index contributed by atoms with van der Waals surface area (Å²) in [5, 5.41) is 19.1. The van der Waals surface area contributed by atoms with E-state index >= 15 is 0 Å². The fraction of sp³-hybridized carbons (Fsp3) is 0.579. The monoisotopic (exact) mass is 341 g/mol. The first-order valence-electron chi connectivity index (χ1n) is 9.27. The molecule has 0 bridgehead atoms. The van der Waals surface area contributed by atoms with Gasteiger partial charge in [0.2, 0.25) is 0 Å². The van der Waals surface area contributed by atoms with Gasteiger partial charge in [-0.1, -0.05) is 30.3 Å². The van der Waals surface area contributed by atoms with Crippen LogP contribution in [0.4, 0.5) is 0 Å². The van der Waals surface area contributed by atoms with Gasteiger partial charge in [0.25, 0.3) is 0 Å². The van der Waals surface area contributed by atoms with Crippen LogP contribution in [0.1, 0.15) is 36.1 Å². The Morgan fingerprint density at radius 3 is 2.84 bits per heavy atom. The van der Waals surface area contributed by atoms with Gasteiger partial charge in [-0.15, -0.1) is 10.2 Å². The molecule has 1 fully saturated rings. The van der Waals surface area contributed by atoms with Crippen LogP contribution in [0.25, 0.3) is 0 Å². The number of β-amino-alcohol motifs (C(OH)–C–C–N with tert-alkyl or cyclic N) is 1. The van der Waals surface area contributed by atoms with Crippen LogP contribution >= 0.6 is 0 Å². The third-order valence-corrected chi connectivity index (χ3v) is 5.41. The zero-order valence-electron chi connectivity index (χ0n) is 14.9. The van der Waals surface area contributed by atoms with Crippen LogP contribution in [-0.2, 0) is 19.5 Å². The van der Waals surface area contributed by atoms with Crippen molar-refractivity contribution >= 4 is 0 Å². The number of aromatic nitrogens is 3. The minimum Gasteiger partial charge on any atom is -0.392 e. The molecule has 2 aromatic rings. The van der Waals surface area contributed by atoms with E-state index in [1.165, 1.54) is 5.56 Å². The van der Waals surface area contributed by atoms with Crippen molar-refractivity contribution in [3.63, 3.8) is 0 Å². The van der Waals surface area contributed by atoms with E-state index in [-0.39, 0.29) is 12.1 Å². The van der Waals surface area contributed by atoms with Crippen molar-refractivity contribution in [1.82, 2.24) is 24.6 Å². The molecule has 1 aromatic heterocycles. The molecule has 0 amide bonds. The average Bonchev–Trinajstić information content (AvgIpc) is 3.18. The number of aliphatic hydroxyl groups is 1. The quantitative estimate of drug-likeness (QED) is 0.892. The van der Waals surface area contributed by atoms with Crippen LogP contribution in [0, 0.1) is 0 Å². The highest BCUT2D eigenvalue weighted by atomic mass is 16.3. The molecular formula is C19H27N5O. The van der Waals surface area contributed by atoms with Crippen molar-refractivity contribution in [2.75, 3.05) is 26.7 Å². The largest absolute Gasteiger partial charge is 0.392 e. The minimum atomic E-state index is -0.263. The number of aryl methyl sites for hydroxylation is 1. The van der Waals surface area contributed by atoms with Gasteiger partial charge in [-0.25, -0.2) is 0 Å². The summed E-state index contributed by atoms with van der Waals surface area (Å²) in [6.45, 7) is 4.55. The molecule has 2 atom stereocenters. The van der Waals surface area contributed by atoms with Crippen molar-refractivity contribution in [3.8, 4) is 0 Å². The summed E-state index contributed by atoms with van der Waals surface area (Å²) in [4.78, 5) is 4.66. The number of likely N-dealkylation sites (tertiary alicyclic amines) is 1. The van der Waals surface area contributed by atoms with Crippen molar-refractivity contribution in [2.24, 2.45) is 0 Å². The average molecular weight is 341 g/mol. The first-order valence-corrected chi connectivity index (χ1v) is 9.27. The molecule has 6 nitrogen and oxygen atoms in total. The molecule has 2 aliphatic heterocycles. The molecule has 1 aromatic carbocycles. The van der Waals surface area contributed by atoms with Gasteiger partial charge < -0.3 is 9.67 Å². The summed E-state index contributed by atoms with van der Waals surface area (Å²) in [6, 6.07) is 10.8. The predicted octanol–water partition coefficient (Wildman–Crippen LogP) is 1.46. The van der Waals surface area contributed by atoms with Crippen LogP contribution < -0.4 is 0 Å². The number of hydrogen-bond donors (Lipinski definition) is 1. The lowest BCUT2D eigenvalue weighted by Crippen LogP contribution is -2.33. The summed E-state index contributed by atoms with van der Waals surface area (Å²) in [5.74, 6) is 2.09. The van der Waals surface area contributed by atoms with Gasteiger partial charge in [0.05, 0.1) is 18.7 Å². The highest BCUT2D eigenvalue weighted by Gasteiger charge is 2.36. The van der Waals surface area contributed by atoms with Gasteiger partial charge >= 0.3 is 0 Å². The zero-order valence-corrected chi connectivity index (χ0v) is 14.9. The van der Waals surface area contributed by atoms with Gasteiger partial charge in [0.15, 0.2) is 5.82 Å². The lowest BCUT2D eigenvalue weighted by atomic mass is 10.1. The third kappa shape index (κ3) is 3.61. The number of rotatable bonds is 5. The summed E-state index contributed by atoms with van der Waals surface area (Å²) >= 11 is 0. The van der Waals surface area contributed by atoms with E-state index in [0.29, 0.717) is 0 Å². The van der Waals surface area contributed by atoms with E-state index in [9.17, 15) is 5.11 Å². The van der Waals surface area contributed by atoms with Crippen molar-refractivity contribution in [3.05, 3.63) is 47.5 Å². The third-order valence-electron chi connectivity index (χ3n) is 5.41. The number of likely N-dealkylation sites (N-methyl/N-ethyl adjacent to an activating group) is 1. The Morgan fingerprint density at radius 2 is 2.00 bits per heavy atom. The maximum absolute atomic E-state index is 10.2. The Balaban J connectivity index is 1.43. The number of fused-ring (bicyclic) bond motifs is 1. The molecule has 0 radical (unpaired) electrons. The number of aliphatic hydroxyl groups excluding tert-OH is 1. The maximum atomic E-state index is 10.2. The lowest BCUT2D eigenvalue weighted by molar-refractivity contribution is 0.174. The first kappa shape index (κ1) is 16.7. The number of hydrogen-bond acceptors (Lipinski definition) is 5. The van der Waals surface area contributed by atoms with E-state index < -0.39 is 0 Å². The van der Waals surface area contributed by atoms with Crippen LogP contribution in [0.2, 0.25) is 0 Å². The van der Waals surface area contributed by atoms with Crippen LogP contribution in [-0.4, -0.2) is 62.5 Å². The smallest absolute Gasteiger partial charge is 0.150 e. The van der Waals surface area contributed by atoms with Gasteiger partial charge in [-0.05, 0) is 38.4 Å². The molecule has 134 valence electrons. The van der Waals surface area contributed by atoms with E-state index in [4.69, 9.17) is 0 Å². The molecule has 3 heterocycles. The second-order valence-corrected chi connectivity index (χ2v) is 7.35. The SMILES string of the molecule is CN1CCn2c(nnc2[C@@H]2C[C@H](O)CN2CCCc2ccccc2)C1. The second-order valence-electron chi connectivity index (χ2n) is 7.35. The Kier molecular flexibility index (Phi) is 4.83. The molecule has 0 saturated carbocycles. The Bertz CT molecular complexity index is 701. The van der Waals surface area contributed by atoms with Gasteiger partial charge in [-0.3, -0.25) is 9.80 Å². The van der Waals surface area contributed by atoms with E-state index in [1.54, 1.807) is 0 Å². The highest BCUT2D eigenvalue weighted by molar-refractivity contribution is 5.14. The highest BCUT2D eigenvalue weighted by Crippen LogP contribution is 2.32. The number of benzene rings is 1. The second kappa shape index (κ2) is 7.23. The summed E-state index contributed by atoms with van der Waals surface area (Å²) in [5.41, 5.74) is 1.38. The Morgan fingerprint density at radius 1 is 1.16 bits per heavy atom. The van der Waals surface area contributed by atoms with E-state index in [0.717, 1.165) is 63.6 Å². The minimum absolute atomic E-state index is 0.190. The molecule has 6 heteroatoms.